The van der Waals surface area contributed by atoms with Crippen LogP contribution in [0.15, 0.2) is 18.2 Å². The number of amides is 1. The summed E-state index contributed by atoms with van der Waals surface area (Å²) in [5.41, 5.74) is 5.12. The van der Waals surface area contributed by atoms with Crippen LogP contribution < -0.4 is 5.32 Å². The number of nitrogens with one attached hydrogen (secondary N) is 2. The Morgan fingerprint density at radius 3 is 2.28 bits per heavy atom. The first-order valence-electron chi connectivity index (χ1n) is 5.90. The zero-order valence-electron chi connectivity index (χ0n) is 11.1. The van der Waals surface area contributed by atoms with Crippen molar-refractivity contribution in [3.63, 3.8) is 0 Å². The Balaban J connectivity index is 2.34. The Morgan fingerprint density at radius 1 is 1.17 bits per heavy atom. The number of rotatable bonds is 2. The molecule has 0 aliphatic rings. The van der Waals surface area contributed by atoms with Crippen LogP contribution in [0.25, 0.3) is 0 Å². The third-order valence-corrected chi connectivity index (χ3v) is 3.07. The quantitative estimate of drug-likeness (QED) is 0.852. The predicted octanol–water partition coefficient (Wildman–Crippen LogP) is 2.90. The van der Waals surface area contributed by atoms with Crippen molar-refractivity contribution in [2.75, 3.05) is 5.32 Å². The van der Waals surface area contributed by atoms with Crippen LogP contribution in [-0.2, 0) is 0 Å². The average Bonchev–Trinajstić information content (AvgIpc) is 2.60. The maximum Gasteiger partial charge on any atom is 0.256 e. The van der Waals surface area contributed by atoms with Crippen LogP contribution in [0.4, 0.5) is 5.69 Å². The Kier molecular flexibility index (Phi) is 3.19. The van der Waals surface area contributed by atoms with Gasteiger partial charge < -0.3 is 5.32 Å². The van der Waals surface area contributed by atoms with Crippen molar-refractivity contribution in [1.82, 2.24) is 10.2 Å². The van der Waals surface area contributed by atoms with E-state index >= 15 is 0 Å². The molecule has 0 unspecified atom stereocenters. The molecule has 94 valence electrons. The summed E-state index contributed by atoms with van der Waals surface area (Å²) in [6.45, 7) is 7.64. The zero-order valence-corrected chi connectivity index (χ0v) is 11.1. The van der Waals surface area contributed by atoms with Crippen LogP contribution in [0.5, 0.6) is 0 Å². The van der Waals surface area contributed by atoms with Gasteiger partial charge in [-0.1, -0.05) is 18.2 Å². The third kappa shape index (κ3) is 2.14. The van der Waals surface area contributed by atoms with E-state index in [2.05, 4.69) is 15.5 Å². The summed E-state index contributed by atoms with van der Waals surface area (Å²) in [5.74, 6) is -0.0850. The number of carbonyl (C=O) groups is 1. The molecule has 1 aromatic heterocycles. The summed E-state index contributed by atoms with van der Waals surface area (Å²) >= 11 is 0. The molecule has 4 heteroatoms. The molecule has 2 rings (SSSR count). The average molecular weight is 243 g/mol. The molecule has 0 bridgehead atoms. The predicted molar refractivity (Wildman–Crippen MR) is 71.9 cm³/mol. The van der Waals surface area contributed by atoms with Gasteiger partial charge in [0.25, 0.3) is 5.91 Å². The van der Waals surface area contributed by atoms with Gasteiger partial charge in [0.05, 0.1) is 17.1 Å². The number of carbonyl (C=O) groups excluding carboxylic acids is 1. The van der Waals surface area contributed by atoms with Gasteiger partial charge >= 0.3 is 0 Å². The monoisotopic (exact) mass is 243 g/mol. The molecular weight excluding hydrogens is 226 g/mol. The number of H-pyrrole nitrogens is 1. The number of anilines is 1. The Hall–Kier alpha value is -2.10. The molecule has 0 spiro atoms. The molecule has 0 saturated carbocycles. The normalized spacial score (nSPS) is 10.4. The molecule has 0 aliphatic heterocycles. The van der Waals surface area contributed by atoms with Crippen molar-refractivity contribution in [3.8, 4) is 0 Å². The molecular formula is C14H17N3O. The minimum Gasteiger partial charge on any atom is -0.319 e. The number of aromatic nitrogens is 2. The first kappa shape index (κ1) is 12.4. The molecule has 1 aromatic carbocycles. The first-order valence-corrected chi connectivity index (χ1v) is 5.90. The number of aryl methyl sites for hydroxylation is 4. The number of nitrogens with zero attached hydrogens (tertiary/aromatic N) is 1. The second-order valence-corrected chi connectivity index (χ2v) is 4.53. The van der Waals surface area contributed by atoms with Gasteiger partial charge in [0.2, 0.25) is 0 Å². The van der Waals surface area contributed by atoms with Gasteiger partial charge in [0, 0.05) is 5.56 Å². The van der Waals surface area contributed by atoms with Crippen molar-refractivity contribution in [2.24, 2.45) is 0 Å². The fourth-order valence-corrected chi connectivity index (χ4v) is 2.08. The van der Waals surface area contributed by atoms with E-state index < -0.39 is 0 Å². The van der Waals surface area contributed by atoms with Crippen LogP contribution in [0.1, 0.15) is 32.9 Å². The van der Waals surface area contributed by atoms with Gasteiger partial charge in [-0.2, -0.15) is 5.10 Å². The summed E-state index contributed by atoms with van der Waals surface area (Å²) in [7, 11) is 0. The zero-order chi connectivity index (χ0) is 13.3. The van der Waals surface area contributed by atoms with Crippen LogP contribution in [0, 0.1) is 27.7 Å². The summed E-state index contributed by atoms with van der Waals surface area (Å²) in [6, 6.07) is 5.84. The van der Waals surface area contributed by atoms with E-state index in [0.717, 1.165) is 33.8 Å². The van der Waals surface area contributed by atoms with Gasteiger partial charge in [-0.05, 0) is 38.8 Å². The molecule has 0 fully saturated rings. The molecule has 0 radical (unpaired) electrons. The molecule has 0 atom stereocenters. The molecule has 0 aliphatic carbocycles. The lowest BCUT2D eigenvalue weighted by atomic mass is 10.0. The third-order valence-electron chi connectivity index (χ3n) is 3.07. The first-order chi connectivity index (χ1) is 8.50. The van der Waals surface area contributed by atoms with Crippen molar-refractivity contribution < 1.29 is 4.79 Å². The number of hydrogen-bond donors (Lipinski definition) is 2. The van der Waals surface area contributed by atoms with E-state index in [9.17, 15) is 4.79 Å². The highest BCUT2D eigenvalue weighted by molar-refractivity contribution is 6.06. The van der Waals surface area contributed by atoms with Crippen molar-refractivity contribution in [2.45, 2.75) is 27.7 Å². The van der Waals surface area contributed by atoms with Crippen LogP contribution in [-0.4, -0.2) is 16.1 Å². The summed E-state index contributed by atoms with van der Waals surface area (Å²) < 4.78 is 0. The lowest BCUT2D eigenvalue weighted by molar-refractivity contribution is 0.102. The van der Waals surface area contributed by atoms with Crippen LogP contribution >= 0.6 is 0 Å². The highest BCUT2D eigenvalue weighted by Gasteiger charge is 2.15. The fourth-order valence-electron chi connectivity index (χ4n) is 2.08. The summed E-state index contributed by atoms with van der Waals surface area (Å²) in [5, 5.41) is 9.85. The van der Waals surface area contributed by atoms with E-state index in [0.29, 0.717) is 0 Å². The second-order valence-electron chi connectivity index (χ2n) is 4.53. The standard InChI is InChI=1S/C14H17N3O/c1-8-6-5-7-9(2)12(8)14(18)15-13-10(3)16-17-11(13)4/h5-7H,1-4H3,(H,15,18)(H,16,17). The smallest absolute Gasteiger partial charge is 0.256 e. The highest BCUT2D eigenvalue weighted by atomic mass is 16.1. The van der Waals surface area contributed by atoms with Crippen LogP contribution in [0.2, 0.25) is 0 Å². The van der Waals surface area contributed by atoms with E-state index in [1.54, 1.807) is 0 Å². The minimum atomic E-state index is -0.0850. The van der Waals surface area contributed by atoms with Gasteiger partial charge in [0.15, 0.2) is 0 Å². The van der Waals surface area contributed by atoms with E-state index in [4.69, 9.17) is 0 Å². The lowest BCUT2D eigenvalue weighted by Gasteiger charge is -2.10. The molecule has 2 aromatic rings. The molecule has 4 nitrogen and oxygen atoms in total. The summed E-state index contributed by atoms with van der Waals surface area (Å²) in [4.78, 5) is 12.3. The minimum absolute atomic E-state index is 0.0850. The van der Waals surface area contributed by atoms with Crippen molar-refractivity contribution >= 4 is 11.6 Å². The maximum absolute atomic E-state index is 12.3. The lowest BCUT2D eigenvalue weighted by Crippen LogP contribution is -2.15. The Bertz CT molecular complexity index is 559. The molecule has 1 heterocycles. The topological polar surface area (TPSA) is 57.8 Å². The SMILES string of the molecule is Cc1cccc(C)c1C(=O)Nc1c(C)n[nH]c1C. The number of benzene rings is 1. The van der Waals surface area contributed by atoms with Crippen LogP contribution in [0.3, 0.4) is 0 Å². The highest BCUT2D eigenvalue weighted by Crippen LogP contribution is 2.20. The van der Waals surface area contributed by atoms with Gasteiger partial charge in [-0.3, -0.25) is 9.89 Å². The van der Waals surface area contributed by atoms with E-state index in [-0.39, 0.29) is 5.91 Å². The van der Waals surface area contributed by atoms with Gasteiger partial charge in [-0.15, -0.1) is 0 Å². The van der Waals surface area contributed by atoms with Gasteiger partial charge in [-0.25, -0.2) is 0 Å². The van der Waals surface area contributed by atoms with Crippen molar-refractivity contribution in [1.29, 1.82) is 0 Å². The molecule has 0 saturated heterocycles. The Morgan fingerprint density at radius 2 is 1.78 bits per heavy atom. The number of hydrogen-bond acceptors (Lipinski definition) is 2. The maximum atomic E-state index is 12.3. The summed E-state index contributed by atoms with van der Waals surface area (Å²) in [6.07, 6.45) is 0. The van der Waals surface area contributed by atoms with Gasteiger partial charge in [0.1, 0.15) is 0 Å². The van der Waals surface area contributed by atoms with E-state index in [1.165, 1.54) is 0 Å². The largest absolute Gasteiger partial charge is 0.319 e. The Labute approximate surface area is 106 Å². The molecule has 2 N–H and O–H groups in total. The second kappa shape index (κ2) is 4.64. The van der Waals surface area contributed by atoms with E-state index in [1.807, 2.05) is 45.9 Å². The fraction of sp³-hybridized carbons (Fsp3) is 0.286. The number of aromatic amines is 1. The molecule has 18 heavy (non-hydrogen) atoms. The molecule has 1 amide bonds. The van der Waals surface area contributed by atoms with Crippen molar-refractivity contribution in [3.05, 3.63) is 46.3 Å².